The molecule has 7 nitrogen and oxygen atoms in total. The molecule has 2 aromatic rings. The minimum absolute atomic E-state index is 0.211. The van der Waals surface area contributed by atoms with E-state index in [4.69, 9.17) is 22.1 Å². The molecule has 1 amide bonds. The Labute approximate surface area is 245 Å². The second-order valence-electron chi connectivity index (χ2n) is 11.5. The van der Waals surface area contributed by atoms with E-state index >= 15 is 0 Å². The monoisotopic (exact) mass is 596 g/mol. The maximum atomic E-state index is 14.2. The molecule has 11 heteroatoms. The molecule has 41 heavy (non-hydrogen) atoms. The van der Waals surface area contributed by atoms with Crippen molar-refractivity contribution in [1.82, 2.24) is 9.80 Å². The van der Waals surface area contributed by atoms with Crippen LogP contribution in [0, 0.1) is 11.8 Å². The first-order valence-corrected chi connectivity index (χ1v) is 14.4. The summed E-state index contributed by atoms with van der Waals surface area (Å²) in [6.07, 6.45) is -1.40. The predicted molar refractivity (Wildman–Crippen MR) is 154 cm³/mol. The van der Waals surface area contributed by atoms with Crippen LogP contribution in [0.2, 0.25) is 5.02 Å². The van der Waals surface area contributed by atoms with Crippen LogP contribution >= 0.6 is 11.6 Å². The van der Waals surface area contributed by atoms with Crippen LogP contribution in [0.1, 0.15) is 49.5 Å². The van der Waals surface area contributed by atoms with Crippen LogP contribution < -0.4 is 15.4 Å². The fourth-order valence-corrected chi connectivity index (χ4v) is 6.27. The number of methoxy groups -OCH3 is 1. The van der Waals surface area contributed by atoms with Crippen LogP contribution in [0.15, 0.2) is 42.5 Å². The van der Waals surface area contributed by atoms with E-state index in [1.54, 1.807) is 19.0 Å². The van der Waals surface area contributed by atoms with Crippen LogP contribution in [0.5, 0.6) is 5.75 Å². The smallest absolute Gasteiger partial charge is 0.419 e. The molecule has 2 atom stereocenters. The van der Waals surface area contributed by atoms with Gasteiger partial charge < -0.3 is 25.4 Å². The molecule has 0 saturated carbocycles. The van der Waals surface area contributed by atoms with Crippen molar-refractivity contribution in [2.45, 2.75) is 50.0 Å². The van der Waals surface area contributed by atoms with E-state index < -0.39 is 23.9 Å². The van der Waals surface area contributed by atoms with Crippen LogP contribution in [0.3, 0.4) is 0 Å². The van der Waals surface area contributed by atoms with E-state index in [-0.39, 0.29) is 24.4 Å². The maximum absolute atomic E-state index is 14.2. The SMILES string of the molecule is COc1cccc(C(N)(C(=O)N2CCC(CC3CCN(c4ccc(C(O)N(C)C)c(Cl)c4)CC3)CC2)C(F)(F)F)c1. The highest BCUT2D eigenvalue weighted by Gasteiger charge is 2.60. The third-order valence-corrected chi connectivity index (χ3v) is 8.94. The lowest BCUT2D eigenvalue weighted by molar-refractivity contribution is -0.201. The van der Waals surface area contributed by atoms with E-state index in [9.17, 15) is 23.1 Å². The van der Waals surface area contributed by atoms with Gasteiger partial charge in [-0.1, -0.05) is 29.8 Å². The Morgan fingerprint density at radius 1 is 1.07 bits per heavy atom. The first-order valence-electron chi connectivity index (χ1n) is 14.0. The second kappa shape index (κ2) is 12.8. The van der Waals surface area contributed by atoms with Crippen LogP contribution in [-0.2, 0) is 10.3 Å². The summed E-state index contributed by atoms with van der Waals surface area (Å²) < 4.78 is 47.8. The van der Waals surface area contributed by atoms with Gasteiger partial charge in [0, 0.05) is 42.5 Å². The van der Waals surface area contributed by atoms with Crippen molar-refractivity contribution in [2.24, 2.45) is 17.6 Å². The summed E-state index contributed by atoms with van der Waals surface area (Å²) in [7, 11) is 4.93. The lowest BCUT2D eigenvalue weighted by Gasteiger charge is -2.40. The number of aliphatic hydroxyl groups is 1. The molecule has 0 aliphatic carbocycles. The van der Waals surface area contributed by atoms with Gasteiger partial charge in [0.15, 0.2) is 0 Å². The molecule has 2 aliphatic heterocycles. The summed E-state index contributed by atoms with van der Waals surface area (Å²) in [5.41, 5.74) is 4.13. The molecular formula is C30H40ClF3N4O3. The fraction of sp³-hybridized carbons (Fsp3) is 0.567. The summed E-state index contributed by atoms with van der Waals surface area (Å²) >= 11 is 6.46. The molecule has 2 saturated heterocycles. The Hall–Kier alpha value is -2.53. The molecule has 2 aliphatic rings. The molecule has 4 rings (SSSR count). The van der Waals surface area contributed by atoms with Gasteiger partial charge in [0.2, 0.25) is 5.54 Å². The van der Waals surface area contributed by atoms with Crippen LogP contribution in [0.4, 0.5) is 18.9 Å². The van der Waals surface area contributed by atoms with E-state index in [1.807, 2.05) is 18.2 Å². The molecule has 0 radical (unpaired) electrons. The number of amides is 1. The maximum Gasteiger partial charge on any atom is 0.419 e. The third-order valence-electron chi connectivity index (χ3n) is 8.61. The number of alkyl halides is 3. The minimum atomic E-state index is -4.96. The number of benzene rings is 2. The number of aliphatic hydroxyl groups excluding tert-OH is 1. The van der Waals surface area contributed by atoms with Gasteiger partial charge in [0.05, 0.1) is 7.11 Å². The summed E-state index contributed by atoms with van der Waals surface area (Å²) in [6.45, 7) is 2.28. The second-order valence-corrected chi connectivity index (χ2v) is 11.9. The number of hydrogen-bond donors (Lipinski definition) is 2. The molecule has 2 fully saturated rings. The highest BCUT2D eigenvalue weighted by molar-refractivity contribution is 6.31. The number of nitrogens with zero attached hydrogens (tertiary/aromatic N) is 3. The third kappa shape index (κ3) is 6.77. The van der Waals surface area contributed by atoms with Crippen LogP contribution in [0.25, 0.3) is 0 Å². The van der Waals surface area contributed by atoms with Crippen molar-refractivity contribution in [3.05, 3.63) is 58.6 Å². The lowest BCUT2D eigenvalue weighted by Crippen LogP contribution is -2.62. The predicted octanol–water partition coefficient (Wildman–Crippen LogP) is 5.16. The Morgan fingerprint density at radius 3 is 2.22 bits per heavy atom. The van der Waals surface area contributed by atoms with Gasteiger partial charge in [-0.05, 0) is 87.9 Å². The van der Waals surface area contributed by atoms with Crippen molar-refractivity contribution >= 4 is 23.2 Å². The quantitative estimate of drug-likeness (QED) is 0.410. The molecule has 226 valence electrons. The molecule has 2 heterocycles. The Kier molecular flexibility index (Phi) is 9.78. The van der Waals surface area contributed by atoms with E-state index in [2.05, 4.69) is 4.90 Å². The number of nitrogens with two attached hydrogens (primary N) is 1. The van der Waals surface area contributed by atoms with Gasteiger partial charge in [-0.15, -0.1) is 0 Å². The van der Waals surface area contributed by atoms with Gasteiger partial charge in [-0.25, -0.2) is 0 Å². The van der Waals surface area contributed by atoms with Gasteiger partial charge in [-0.3, -0.25) is 9.69 Å². The Morgan fingerprint density at radius 2 is 1.68 bits per heavy atom. The number of carbonyl (C=O) groups excluding carboxylic acids is 1. The van der Waals surface area contributed by atoms with Gasteiger partial charge >= 0.3 is 6.18 Å². The molecular weight excluding hydrogens is 557 g/mol. The standard InChI is InChI=1S/C30H40ClF3N4O3/c1-36(2)27(39)25-8-7-23(19-26(25)31)37-13-9-20(10-14-37)17-21-11-15-38(16-12-21)28(40)29(35,30(32,33)34)22-5-4-6-24(18-22)41-3/h4-8,18-21,27,39H,9-17,35H2,1-3H3. The number of rotatable bonds is 8. The van der Waals surface area contributed by atoms with E-state index in [1.165, 1.54) is 36.3 Å². The number of ether oxygens (including phenoxy) is 1. The zero-order valence-corrected chi connectivity index (χ0v) is 24.6. The normalized spacial score (nSPS) is 19.8. The molecule has 2 unspecified atom stereocenters. The molecule has 2 aromatic carbocycles. The summed E-state index contributed by atoms with van der Waals surface area (Å²) in [4.78, 5) is 18.5. The Balaban J connectivity index is 1.31. The van der Waals surface area contributed by atoms with Crippen LogP contribution in [-0.4, -0.2) is 74.4 Å². The van der Waals surface area contributed by atoms with Crippen molar-refractivity contribution in [3.8, 4) is 5.75 Å². The first kappa shape index (κ1) is 31.4. The number of halogens is 4. The summed E-state index contributed by atoms with van der Waals surface area (Å²) in [6, 6.07) is 11.1. The van der Waals surface area contributed by atoms with E-state index in [0.717, 1.165) is 38.0 Å². The summed E-state index contributed by atoms with van der Waals surface area (Å²) in [5, 5.41) is 10.8. The summed E-state index contributed by atoms with van der Waals surface area (Å²) in [5.74, 6) is -0.0359. The number of hydrogen-bond acceptors (Lipinski definition) is 6. The topological polar surface area (TPSA) is 82.3 Å². The number of likely N-dealkylation sites (tertiary alicyclic amines) is 1. The van der Waals surface area contributed by atoms with Gasteiger partial charge in [0.1, 0.15) is 12.0 Å². The van der Waals surface area contributed by atoms with Crippen molar-refractivity contribution in [2.75, 3.05) is 52.3 Å². The first-order chi connectivity index (χ1) is 19.3. The van der Waals surface area contributed by atoms with Crippen molar-refractivity contribution in [3.63, 3.8) is 0 Å². The average molecular weight is 597 g/mol. The van der Waals surface area contributed by atoms with Crippen molar-refractivity contribution in [1.29, 1.82) is 0 Å². The number of piperidine rings is 2. The molecule has 0 bridgehead atoms. The zero-order chi connectivity index (χ0) is 29.9. The largest absolute Gasteiger partial charge is 0.497 e. The molecule has 0 spiro atoms. The number of carbonyl (C=O) groups is 1. The zero-order valence-electron chi connectivity index (χ0n) is 23.8. The average Bonchev–Trinajstić information content (AvgIpc) is 2.96. The number of anilines is 1. The highest BCUT2D eigenvalue weighted by atomic mass is 35.5. The van der Waals surface area contributed by atoms with Gasteiger partial charge in [-0.2, -0.15) is 13.2 Å². The Bertz CT molecular complexity index is 1200. The van der Waals surface area contributed by atoms with E-state index in [0.29, 0.717) is 35.3 Å². The lowest BCUT2D eigenvalue weighted by atomic mass is 9.81. The fourth-order valence-electron chi connectivity index (χ4n) is 6.00. The molecule has 0 aromatic heterocycles. The molecule has 3 N–H and O–H groups in total. The van der Waals surface area contributed by atoms with Gasteiger partial charge in [0.25, 0.3) is 5.91 Å². The minimum Gasteiger partial charge on any atom is -0.497 e. The highest BCUT2D eigenvalue weighted by Crippen LogP contribution is 2.41. The van der Waals surface area contributed by atoms with Crippen molar-refractivity contribution < 1.29 is 27.8 Å².